The molecule has 1 amide bonds. The second kappa shape index (κ2) is 6.51. The zero-order chi connectivity index (χ0) is 16.4. The molecule has 2 heterocycles. The number of rotatable bonds is 3. The van der Waals surface area contributed by atoms with Crippen molar-refractivity contribution in [3.8, 4) is 11.5 Å². The van der Waals surface area contributed by atoms with Gasteiger partial charge in [-0.25, -0.2) is 0 Å². The number of carbonyl (C=O) groups is 1. The average molecular weight is 325 g/mol. The van der Waals surface area contributed by atoms with Crippen LogP contribution in [0.4, 0.5) is 5.69 Å². The molecule has 2 aromatic rings. The third kappa shape index (κ3) is 3.20. The number of ether oxygens (including phenoxy) is 2. The third-order valence-electron chi connectivity index (χ3n) is 4.50. The van der Waals surface area contributed by atoms with E-state index >= 15 is 0 Å². The summed E-state index contributed by atoms with van der Waals surface area (Å²) >= 11 is 0. The number of fused-ring (bicyclic) bond motifs is 2. The maximum atomic E-state index is 12.3. The van der Waals surface area contributed by atoms with Crippen molar-refractivity contribution in [1.82, 2.24) is 0 Å². The molecule has 1 aliphatic heterocycles. The quantitative estimate of drug-likeness (QED) is 0.881. The first-order valence-corrected chi connectivity index (χ1v) is 8.48. The fourth-order valence-electron chi connectivity index (χ4n) is 3.30. The summed E-state index contributed by atoms with van der Waals surface area (Å²) < 4.78 is 13.0. The van der Waals surface area contributed by atoms with Gasteiger partial charge in [0.25, 0.3) is 5.91 Å². The van der Waals surface area contributed by atoms with E-state index in [1.807, 2.05) is 29.0 Å². The van der Waals surface area contributed by atoms with Crippen LogP contribution in [-0.2, 0) is 24.2 Å². The molecule has 0 unspecified atom stereocenters. The molecule has 0 saturated carbocycles. The molecule has 5 heteroatoms. The van der Waals surface area contributed by atoms with Gasteiger partial charge in [0.1, 0.15) is 13.2 Å². The Hall–Kier alpha value is -2.56. The number of hydrogen-bond acceptors (Lipinski definition) is 3. The van der Waals surface area contributed by atoms with Gasteiger partial charge in [-0.05, 0) is 43.4 Å². The van der Waals surface area contributed by atoms with E-state index in [9.17, 15) is 4.79 Å². The van der Waals surface area contributed by atoms with Crippen molar-refractivity contribution in [1.29, 1.82) is 0 Å². The van der Waals surface area contributed by atoms with Gasteiger partial charge in [0, 0.05) is 23.4 Å². The Labute approximate surface area is 141 Å². The molecule has 5 nitrogen and oxygen atoms in total. The molecule has 124 valence electrons. The number of benzene rings is 1. The molecular weight excluding hydrogens is 304 g/mol. The molecule has 1 N–H and O–H groups in total. The molecule has 2 aliphatic rings. The van der Waals surface area contributed by atoms with Gasteiger partial charge in [-0.15, -0.1) is 0 Å². The molecule has 4 rings (SSSR count). The van der Waals surface area contributed by atoms with Crippen molar-refractivity contribution in [3.63, 3.8) is 0 Å². The fraction of sp³-hybridized carbons (Fsp3) is 0.368. The Bertz CT molecular complexity index is 710. The first-order chi connectivity index (χ1) is 11.8. The second-order valence-corrected chi connectivity index (χ2v) is 6.28. The first-order valence-electron chi connectivity index (χ1n) is 8.48. The SMILES string of the molecule is O=C(C[n+]1ccc2c(c1)CCCC2)Nc1ccc2c(c1)OCCO2. The Morgan fingerprint density at radius 3 is 2.71 bits per heavy atom. The van der Waals surface area contributed by atoms with Crippen LogP contribution in [0.25, 0.3) is 0 Å². The van der Waals surface area contributed by atoms with Crippen molar-refractivity contribution in [2.75, 3.05) is 18.5 Å². The van der Waals surface area contributed by atoms with E-state index in [1.54, 1.807) is 0 Å². The van der Waals surface area contributed by atoms with Gasteiger partial charge < -0.3 is 14.8 Å². The highest BCUT2D eigenvalue weighted by molar-refractivity contribution is 5.90. The van der Waals surface area contributed by atoms with Crippen LogP contribution < -0.4 is 19.4 Å². The van der Waals surface area contributed by atoms with E-state index in [4.69, 9.17) is 9.47 Å². The average Bonchev–Trinajstić information content (AvgIpc) is 2.61. The number of pyridine rings is 1. The van der Waals surface area contributed by atoms with E-state index < -0.39 is 0 Å². The highest BCUT2D eigenvalue weighted by Gasteiger charge is 2.17. The number of aromatic nitrogens is 1. The third-order valence-corrected chi connectivity index (χ3v) is 4.50. The van der Waals surface area contributed by atoms with Crippen molar-refractivity contribution in [3.05, 3.63) is 47.8 Å². The second-order valence-electron chi connectivity index (χ2n) is 6.28. The van der Waals surface area contributed by atoms with Crippen LogP contribution >= 0.6 is 0 Å². The molecule has 0 bridgehead atoms. The van der Waals surface area contributed by atoms with E-state index in [-0.39, 0.29) is 5.91 Å². The van der Waals surface area contributed by atoms with Crippen molar-refractivity contribution < 1.29 is 18.8 Å². The molecule has 1 aliphatic carbocycles. The van der Waals surface area contributed by atoms with E-state index in [1.165, 1.54) is 24.0 Å². The van der Waals surface area contributed by atoms with E-state index in [0.717, 1.165) is 24.3 Å². The number of aryl methyl sites for hydroxylation is 2. The van der Waals surface area contributed by atoms with E-state index in [2.05, 4.69) is 17.6 Å². The molecule has 0 radical (unpaired) electrons. The normalized spacial score (nSPS) is 15.5. The monoisotopic (exact) mass is 325 g/mol. The van der Waals surface area contributed by atoms with Gasteiger partial charge in [0.15, 0.2) is 23.9 Å². The predicted octanol–water partition coefficient (Wildman–Crippen LogP) is 2.26. The van der Waals surface area contributed by atoms with Crippen molar-refractivity contribution in [2.24, 2.45) is 0 Å². The minimum Gasteiger partial charge on any atom is -0.486 e. The van der Waals surface area contributed by atoms with Gasteiger partial charge in [-0.2, -0.15) is 4.57 Å². The minimum atomic E-state index is -0.0487. The first kappa shape index (κ1) is 15.0. The van der Waals surface area contributed by atoms with Gasteiger partial charge in [0.2, 0.25) is 6.54 Å². The lowest BCUT2D eigenvalue weighted by molar-refractivity contribution is -0.684. The standard InChI is InChI=1S/C19H20N2O3/c22-19(13-21-8-7-14-3-1-2-4-15(14)12-21)20-16-5-6-17-18(11-16)24-10-9-23-17/h5-8,11-12H,1-4,9-10,13H2/p+1. The fourth-order valence-corrected chi connectivity index (χ4v) is 3.30. The Morgan fingerprint density at radius 2 is 1.83 bits per heavy atom. The molecule has 24 heavy (non-hydrogen) atoms. The summed E-state index contributed by atoms with van der Waals surface area (Å²) in [5, 5.41) is 2.93. The lowest BCUT2D eigenvalue weighted by Gasteiger charge is -2.18. The number of hydrogen-bond donors (Lipinski definition) is 1. The summed E-state index contributed by atoms with van der Waals surface area (Å²) in [6.45, 7) is 1.41. The van der Waals surface area contributed by atoms with Gasteiger partial charge in [-0.1, -0.05) is 0 Å². The zero-order valence-corrected chi connectivity index (χ0v) is 13.6. The number of nitrogens with one attached hydrogen (secondary N) is 1. The highest BCUT2D eigenvalue weighted by atomic mass is 16.6. The molecule has 1 aromatic heterocycles. The lowest BCUT2D eigenvalue weighted by atomic mass is 9.93. The molecule has 1 aromatic carbocycles. The van der Waals surface area contributed by atoms with Crippen LogP contribution in [0.5, 0.6) is 11.5 Å². The van der Waals surface area contributed by atoms with Gasteiger partial charge >= 0.3 is 0 Å². The van der Waals surface area contributed by atoms with Crippen molar-refractivity contribution >= 4 is 11.6 Å². The van der Waals surface area contributed by atoms with Crippen LogP contribution in [-0.4, -0.2) is 19.1 Å². The molecule has 0 atom stereocenters. The molecule has 0 spiro atoms. The Balaban J connectivity index is 1.43. The van der Waals surface area contributed by atoms with Gasteiger partial charge in [0.05, 0.1) is 0 Å². The highest BCUT2D eigenvalue weighted by Crippen LogP contribution is 2.32. The Kier molecular flexibility index (Phi) is 4.07. The summed E-state index contributed by atoms with van der Waals surface area (Å²) in [6, 6.07) is 7.62. The number of nitrogens with zero attached hydrogens (tertiary/aromatic N) is 1. The van der Waals surface area contributed by atoms with Gasteiger partial charge in [-0.3, -0.25) is 4.79 Å². The largest absolute Gasteiger partial charge is 0.486 e. The molecule has 0 fully saturated rings. The maximum Gasteiger partial charge on any atom is 0.290 e. The van der Waals surface area contributed by atoms with Crippen LogP contribution in [0.2, 0.25) is 0 Å². The van der Waals surface area contributed by atoms with Crippen molar-refractivity contribution in [2.45, 2.75) is 32.2 Å². The lowest BCUT2D eigenvalue weighted by Crippen LogP contribution is -2.40. The topological polar surface area (TPSA) is 51.4 Å². The minimum absolute atomic E-state index is 0.0487. The summed E-state index contributed by atoms with van der Waals surface area (Å²) in [4.78, 5) is 12.3. The smallest absolute Gasteiger partial charge is 0.290 e. The molecular formula is C19H21N2O3+. The molecule has 0 saturated heterocycles. The zero-order valence-electron chi connectivity index (χ0n) is 13.6. The number of anilines is 1. The van der Waals surface area contributed by atoms with Crippen LogP contribution in [0.3, 0.4) is 0 Å². The predicted molar refractivity (Wildman–Crippen MR) is 89.3 cm³/mol. The summed E-state index contributed by atoms with van der Waals surface area (Å²) in [7, 11) is 0. The number of carbonyl (C=O) groups excluding carboxylic acids is 1. The van der Waals surface area contributed by atoms with Crippen LogP contribution in [0, 0.1) is 0 Å². The summed E-state index contributed by atoms with van der Waals surface area (Å²) in [5.41, 5.74) is 3.52. The van der Waals surface area contributed by atoms with Crippen LogP contribution in [0.1, 0.15) is 24.0 Å². The van der Waals surface area contributed by atoms with Crippen LogP contribution in [0.15, 0.2) is 36.7 Å². The Morgan fingerprint density at radius 1 is 1.04 bits per heavy atom. The van der Waals surface area contributed by atoms with E-state index in [0.29, 0.717) is 25.5 Å². The maximum absolute atomic E-state index is 12.3. The summed E-state index contributed by atoms with van der Waals surface area (Å²) in [5.74, 6) is 1.36. The summed E-state index contributed by atoms with van der Waals surface area (Å²) in [6.07, 6.45) is 8.87. The number of amides is 1.